The summed E-state index contributed by atoms with van der Waals surface area (Å²) in [5.74, 6) is 1.40. The maximum atomic E-state index is 8.78. The van der Waals surface area contributed by atoms with Gasteiger partial charge in [0.1, 0.15) is 13.2 Å². The predicted octanol–water partition coefficient (Wildman–Crippen LogP) is 1.23. The molecule has 0 aromatic heterocycles. The molecule has 0 amide bonds. The molecule has 1 aromatic carbocycles. The number of rotatable bonds is 5. The molecule has 3 N–H and O–H groups in total. The molecule has 100 valence electrons. The second kappa shape index (κ2) is 6.38. The van der Waals surface area contributed by atoms with Crippen molar-refractivity contribution in [2.75, 3.05) is 33.0 Å². The lowest BCUT2D eigenvalue weighted by Crippen LogP contribution is -2.19. The summed E-state index contributed by atoms with van der Waals surface area (Å²) in [5, 5.41) is 8.78. The Morgan fingerprint density at radius 3 is 2.89 bits per heavy atom. The van der Waals surface area contributed by atoms with E-state index < -0.39 is 0 Å². The Kier molecular flexibility index (Phi) is 4.82. The lowest BCUT2D eigenvalue weighted by Gasteiger charge is -2.23. The van der Waals surface area contributed by atoms with Gasteiger partial charge in [0.2, 0.25) is 0 Å². The molecule has 1 atom stereocenters. The van der Waals surface area contributed by atoms with Crippen LogP contribution >= 0.6 is 15.9 Å². The van der Waals surface area contributed by atoms with Gasteiger partial charge in [-0.25, -0.2) is 0 Å². The highest BCUT2D eigenvalue weighted by Gasteiger charge is 2.19. The molecule has 1 heterocycles. The van der Waals surface area contributed by atoms with Crippen molar-refractivity contribution in [2.45, 2.75) is 6.10 Å². The van der Waals surface area contributed by atoms with Crippen LogP contribution in [-0.4, -0.2) is 38.1 Å². The molecule has 1 aliphatic rings. The molecule has 2 rings (SSSR count). The number of aliphatic hydroxyl groups is 1. The fourth-order valence-electron chi connectivity index (χ4n) is 1.81. The van der Waals surface area contributed by atoms with Gasteiger partial charge in [0, 0.05) is 6.54 Å². The Morgan fingerprint density at radius 1 is 1.39 bits per heavy atom. The van der Waals surface area contributed by atoms with Crippen molar-refractivity contribution < 1.29 is 19.3 Å². The molecule has 0 aliphatic carbocycles. The molecular formula is C12H16BrNO4. The van der Waals surface area contributed by atoms with E-state index >= 15 is 0 Å². The second-order valence-electron chi connectivity index (χ2n) is 3.85. The van der Waals surface area contributed by atoms with E-state index in [-0.39, 0.29) is 19.3 Å². The van der Waals surface area contributed by atoms with Gasteiger partial charge in [0.05, 0.1) is 23.8 Å². The molecule has 5 nitrogen and oxygen atoms in total. The van der Waals surface area contributed by atoms with Crippen LogP contribution in [0, 0.1) is 0 Å². The van der Waals surface area contributed by atoms with Crippen molar-refractivity contribution in [3.8, 4) is 11.5 Å². The van der Waals surface area contributed by atoms with Gasteiger partial charge in [-0.2, -0.15) is 0 Å². The monoisotopic (exact) mass is 317 g/mol. The van der Waals surface area contributed by atoms with Crippen LogP contribution < -0.4 is 15.2 Å². The largest absolute Gasteiger partial charge is 0.486 e. The van der Waals surface area contributed by atoms with Gasteiger partial charge in [-0.15, -0.1) is 0 Å². The van der Waals surface area contributed by atoms with Gasteiger partial charge < -0.3 is 25.1 Å². The summed E-state index contributed by atoms with van der Waals surface area (Å²) in [6.07, 6.45) is -0.260. The average molecular weight is 318 g/mol. The number of hydrogen-bond donors (Lipinski definition) is 2. The zero-order chi connectivity index (χ0) is 13.0. The standard InChI is InChI=1S/C12H16BrNO4/c13-9-5-8(11(7-14)16-2-1-15)6-10-12(9)18-4-3-17-10/h5-6,11,15H,1-4,7,14H2. The van der Waals surface area contributed by atoms with E-state index in [2.05, 4.69) is 15.9 Å². The lowest BCUT2D eigenvalue weighted by molar-refractivity contribution is 0.0325. The normalized spacial score (nSPS) is 15.5. The summed E-state index contributed by atoms with van der Waals surface area (Å²) in [6, 6.07) is 3.77. The molecule has 6 heteroatoms. The van der Waals surface area contributed by atoms with E-state index in [1.165, 1.54) is 0 Å². The predicted molar refractivity (Wildman–Crippen MR) is 70.0 cm³/mol. The maximum Gasteiger partial charge on any atom is 0.175 e. The van der Waals surface area contributed by atoms with Crippen LogP contribution in [0.4, 0.5) is 0 Å². The molecule has 0 bridgehead atoms. The fourth-order valence-corrected chi connectivity index (χ4v) is 2.39. The first-order valence-corrected chi connectivity index (χ1v) is 6.57. The molecule has 1 aliphatic heterocycles. The zero-order valence-corrected chi connectivity index (χ0v) is 11.5. The SMILES string of the molecule is NCC(OCCO)c1cc(Br)c2c(c1)OCCO2. The van der Waals surface area contributed by atoms with E-state index in [4.69, 9.17) is 25.1 Å². The Morgan fingerprint density at radius 2 is 2.17 bits per heavy atom. The van der Waals surface area contributed by atoms with Crippen molar-refractivity contribution in [3.05, 3.63) is 22.2 Å². The molecule has 1 aromatic rings. The molecule has 0 spiro atoms. The molecule has 1 unspecified atom stereocenters. The lowest BCUT2D eigenvalue weighted by atomic mass is 10.1. The molecule has 0 radical (unpaired) electrons. The number of benzene rings is 1. The Hall–Kier alpha value is -0.820. The van der Waals surface area contributed by atoms with Crippen molar-refractivity contribution in [1.29, 1.82) is 0 Å². The molecule has 0 saturated heterocycles. The molecular weight excluding hydrogens is 302 g/mol. The van der Waals surface area contributed by atoms with Gasteiger partial charge in [-0.1, -0.05) is 0 Å². The first-order chi connectivity index (χ1) is 8.76. The van der Waals surface area contributed by atoms with Crippen LogP contribution in [-0.2, 0) is 4.74 Å². The van der Waals surface area contributed by atoms with Crippen LogP contribution in [0.3, 0.4) is 0 Å². The van der Waals surface area contributed by atoms with E-state index in [0.29, 0.717) is 31.3 Å². The van der Waals surface area contributed by atoms with Crippen molar-refractivity contribution in [3.63, 3.8) is 0 Å². The molecule has 0 saturated carbocycles. The smallest absolute Gasteiger partial charge is 0.175 e. The topological polar surface area (TPSA) is 73.9 Å². The minimum Gasteiger partial charge on any atom is -0.486 e. The highest BCUT2D eigenvalue weighted by molar-refractivity contribution is 9.10. The summed E-state index contributed by atoms with van der Waals surface area (Å²) >= 11 is 3.45. The third kappa shape index (κ3) is 2.95. The Balaban J connectivity index is 2.24. The van der Waals surface area contributed by atoms with Crippen molar-refractivity contribution in [1.82, 2.24) is 0 Å². The third-order valence-electron chi connectivity index (χ3n) is 2.62. The number of aliphatic hydroxyl groups excluding tert-OH is 1. The first-order valence-electron chi connectivity index (χ1n) is 5.78. The summed E-state index contributed by atoms with van der Waals surface area (Å²) in [6.45, 7) is 1.65. The second-order valence-corrected chi connectivity index (χ2v) is 4.70. The van der Waals surface area contributed by atoms with Gasteiger partial charge in [0.25, 0.3) is 0 Å². The fraction of sp³-hybridized carbons (Fsp3) is 0.500. The van der Waals surface area contributed by atoms with Crippen LogP contribution in [0.2, 0.25) is 0 Å². The summed E-state index contributed by atoms with van der Waals surface area (Å²) in [4.78, 5) is 0. The summed E-state index contributed by atoms with van der Waals surface area (Å²) in [7, 11) is 0. The van der Waals surface area contributed by atoms with Crippen molar-refractivity contribution in [2.24, 2.45) is 5.73 Å². The highest BCUT2D eigenvalue weighted by atomic mass is 79.9. The number of hydrogen-bond acceptors (Lipinski definition) is 5. The summed E-state index contributed by atoms with van der Waals surface area (Å²) < 4.78 is 17.4. The van der Waals surface area contributed by atoms with E-state index in [0.717, 1.165) is 10.0 Å². The van der Waals surface area contributed by atoms with Gasteiger partial charge in [-0.05, 0) is 33.6 Å². The number of ether oxygens (including phenoxy) is 3. The van der Waals surface area contributed by atoms with E-state index in [9.17, 15) is 0 Å². The van der Waals surface area contributed by atoms with Crippen LogP contribution in [0.5, 0.6) is 11.5 Å². The number of halogens is 1. The number of fused-ring (bicyclic) bond motifs is 1. The van der Waals surface area contributed by atoms with Crippen LogP contribution in [0.25, 0.3) is 0 Å². The first kappa shape index (κ1) is 13.6. The van der Waals surface area contributed by atoms with E-state index in [1.54, 1.807) is 0 Å². The van der Waals surface area contributed by atoms with Gasteiger partial charge in [0.15, 0.2) is 11.5 Å². The van der Waals surface area contributed by atoms with Crippen molar-refractivity contribution >= 4 is 15.9 Å². The zero-order valence-electron chi connectivity index (χ0n) is 9.89. The van der Waals surface area contributed by atoms with E-state index in [1.807, 2.05) is 12.1 Å². The Bertz CT molecular complexity index is 413. The summed E-state index contributed by atoms with van der Waals surface area (Å²) in [5.41, 5.74) is 6.58. The highest BCUT2D eigenvalue weighted by Crippen LogP contribution is 2.40. The average Bonchev–Trinajstić information content (AvgIpc) is 2.40. The third-order valence-corrected chi connectivity index (χ3v) is 3.20. The van der Waals surface area contributed by atoms with Gasteiger partial charge in [-0.3, -0.25) is 0 Å². The molecule has 0 fully saturated rings. The quantitative estimate of drug-likeness (QED) is 0.854. The maximum absolute atomic E-state index is 8.78. The minimum absolute atomic E-state index is 0.0256. The van der Waals surface area contributed by atoms with Gasteiger partial charge >= 0.3 is 0 Å². The molecule has 18 heavy (non-hydrogen) atoms. The van der Waals surface area contributed by atoms with Crippen LogP contribution in [0.15, 0.2) is 16.6 Å². The minimum atomic E-state index is -0.260. The number of nitrogens with two attached hydrogens (primary N) is 1. The van der Waals surface area contributed by atoms with Crippen LogP contribution in [0.1, 0.15) is 11.7 Å². The Labute approximate surface area is 114 Å².